The Balaban J connectivity index is 1.37. The number of amides is 2. The summed E-state index contributed by atoms with van der Waals surface area (Å²) in [4.78, 5) is 50.8. The molecule has 1 aromatic heterocycles. The van der Waals surface area contributed by atoms with Crippen molar-refractivity contribution in [1.29, 1.82) is 0 Å². The van der Waals surface area contributed by atoms with Crippen LogP contribution >= 0.6 is 11.6 Å². The number of ether oxygens (including phenoxy) is 1. The van der Waals surface area contributed by atoms with Crippen LogP contribution in [0.2, 0.25) is 5.02 Å². The third-order valence-corrected chi connectivity index (χ3v) is 5.33. The third kappa shape index (κ3) is 3.16. The monoisotopic (exact) mass is 445 g/mol. The molecule has 0 radical (unpaired) electrons. The van der Waals surface area contributed by atoms with E-state index in [0.29, 0.717) is 16.8 Å². The number of halogens is 1. The Morgan fingerprint density at radius 1 is 0.875 bits per heavy atom. The lowest BCUT2D eigenvalue weighted by atomic mass is 10.1. The van der Waals surface area contributed by atoms with Gasteiger partial charge in [-0.25, -0.2) is 9.69 Å². The molecule has 5 rings (SSSR count). The maximum absolute atomic E-state index is 12.6. The first-order valence-corrected chi connectivity index (χ1v) is 9.83. The highest BCUT2D eigenvalue weighted by Gasteiger charge is 2.36. The number of nitrogens with zero attached hydrogens (tertiary/aromatic N) is 1. The molecule has 1 aliphatic rings. The zero-order valence-corrected chi connectivity index (χ0v) is 17.0. The summed E-state index contributed by atoms with van der Waals surface area (Å²) in [5.41, 5.74) is 1.08. The van der Waals surface area contributed by atoms with Gasteiger partial charge in [-0.1, -0.05) is 23.7 Å². The Labute approximate surface area is 185 Å². The quantitative estimate of drug-likeness (QED) is 0.262. The number of benzene rings is 3. The van der Waals surface area contributed by atoms with E-state index in [0.717, 1.165) is 11.2 Å². The number of rotatable bonds is 3. The summed E-state index contributed by atoms with van der Waals surface area (Å²) in [5.74, 6) is -1.32. The number of hydrogen-bond acceptors (Lipinski definition) is 6. The van der Waals surface area contributed by atoms with E-state index in [1.807, 2.05) is 0 Å². The fraction of sp³-hybridized carbons (Fsp3) is 0. The van der Waals surface area contributed by atoms with Crippen LogP contribution in [0.3, 0.4) is 0 Å². The summed E-state index contributed by atoms with van der Waals surface area (Å²) in [7, 11) is 0. The summed E-state index contributed by atoms with van der Waals surface area (Å²) < 4.78 is 10.6. The molecule has 0 bridgehead atoms. The second kappa shape index (κ2) is 7.47. The molecule has 0 fully saturated rings. The van der Waals surface area contributed by atoms with Gasteiger partial charge in [-0.2, -0.15) is 0 Å². The molecule has 32 heavy (non-hydrogen) atoms. The van der Waals surface area contributed by atoms with E-state index in [4.69, 9.17) is 20.8 Å². The first-order valence-electron chi connectivity index (χ1n) is 9.45. The van der Waals surface area contributed by atoms with Crippen LogP contribution in [-0.2, 0) is 0 Å². The van der Waals surface area contributed by atoms with E-state index < -0.39 is 17.8 Å². The number of carbonyl (C=O) groups excluding carboxylic acids is 3. The van der Waals surface area contributed by atoms with Crippen LogP contribution in [0.4, 0.5) is 5.69 Å². The molecule has 0 aliphatic carbocycles. The molecule has 0 spiro atoms. The highest BCUT2D eigenvalue weighted by atomic mass is 35.5. The van der Waals surface area contributed by atoms with Gasteiger partial charge in [0.05, 0.1) is 27.8 Å². The number of carbonyl (C=O) groups is 3. The molecule has 0 N–H and O–H groups in total. The van der Waals surface area contributed by atoms with Gasteiger partial charge in [0.2, 0.25) is 5.43 Å². The maximum Gasteiger partial charge on any atom is 0.343 e. The Hall–Kier alpha value is -4.23. The molecule has 156 valence electrons. The van der Waals surface area contributed by atoms with Gasteiger partial charge in [-0.3, -0.25) is 14.4 Å². The second-order valence-corrected chi connectivity index (χ2v) is 7.41. The molecule has 7 nitrogen and oxygen atoms in total. The molecule has 0 saturated carbocycles. The normalized spacial score (nSPS) is 12.8. The number of fused-ring (bicyclic) bond motifs is 2. The smallest absolute Gasteiger partial charge is 0.343 e. The van der Waals surface area contributed by atoms with Crippen molar-refractivity contribution in [3.05, 3.63) is 105 Å². The van der Waals surface area contributed by atoms with Gasteiger partial charge in [0.25, 0.3) is 11.8 Å². The van der Waals surface area contributed by atoms with E-state index in [1.165, 1.54) is 42.5 Å². The summed E-state index contributed by atoms with van der Waals surface area (Å²) >= 11 is 5.76. The lowest BCUT2D eigenvalue weighted by Crippen LogP contribution is -2.29. The standard InChI is InChI=1S/C24H12ClNO6/c25-19-12-31-20-11-15(9-10-18(20)21(19)27)32-24(30)13-5-7-14(8-6-13)26-22(28)16-3-1-2-4-17(16)23(26)29/h1-12H. The molecule has 1 aliphatic heterocycles. The summed E-state index contributed by atoms with van der Waals surface area (Å²) in [6.45, 7) is 0. The number of anilines is 1. The number of esters is 1. The van der Waals surface area contributed by atoms with E-state index in [-0.39, 0.29) is 32.7 Å². The minimum Gasteiger partial charge on any atom is -0.462 e. The largest absolute Gasteiger partial charge is 0.462 e. The van der Waals surface area contributed by atoms with Gasteiger partial charge in [-0.05, 0) is 48.5 Å². The molecular formula is C24H12ClNO6. The van der Waals surface area contributed by atoms with Gasteiger partial charge in [0, 0.05) is 6.07 Å². The highest BCUT2D eigenvalue weighted by molar-refractivity contribution is 6.34. The molecule has 8 heteroatoms. The third-order valence-electron chi connectivity index (χ3n) is 5.07. The summed E-state index contributed by atoms with van der Waals surface area (Å²) in [6, 6.07) is 16.8. The van der Waals surface area contributed by atoms with Gasteiger partial charge in [-0.15, -0.1) is 0 Å². The van der Waals surface area contributed by atoms with Crippen LogP contribution < -0.4 is 15.1 Å². The molecule has 2 heterocycles. The van der Waals surface area contributed by atoms with Crippen molar-refractivity contribution in [2.45, 2.75) is 0 Å². The summed E-state index contributed by atoms with van der Waals surface area (Å²) in [5, 5.41) is 0.225. The van der Waals surface area contributed by atoms with E-state index >= 15 is 0 Å². The van der Waals surface area contributed by atoms with Crippen LogP contribution in [0, 0.1) is 0 Å². The lowest BCUT2D eigenvalue weighted by Gasteiger charge is -2.14. The van der Waals surface area contributed by atoms with Crippen molar-refractivity contribution >= 4 is 46.0 Å². The average molecular weight is 446 g/mol. The Bertz CT molecular complexity index is 1450. The van der Waals surface area contributed by atoms with Gasteiger partial charge >= 0.3 is 5.97 Å². The summed E-state index contributed by atoms with van der Waals surface area (Å²) in [6.07, 6.45) is 1.12. The van der Waals surface area contributed by atoms with E-state index in [9.17, 15) is 19.2 Å². The maximum atomic E-state index is 12.6. The van der Waals surface area contributed by atoms with Crippen LogP contribution in [0.25, 0.3) is 11.0 Å². The van der Waals surface area contributed by atoms with Crippen molar-refractivity contribution in [3.63, 3.8) is 0 Å². The fourth-order valence-corrected chi connectivity index (χ4v) is 3.63. The zero-order chi connectivity index (χ0) is 22.4. The lowest BCUT2D eigenvalue weighted by molar-refractivity contribution is 0.0734. The van der Waals surface area contributed by atoms with Gasteiger partial charge in [0.15, 0.2) is 0 Å². The molecule has 2 amide bonds. The second-order valence-electron chi connectivity index (χ2n) is 7.00. The molecular weight excluding hydrogens is 434 g/mol. The fourth-order valence-electron chi connectivity index (χ4n) is 3.48. The van der Waals surface area contributed by atoms with Crippen molar-refractivity contribution in [3.8, 4) is 5.75 Å². The first-order chi connectivity index (χ1) is 15.4. The molecule has 0 saturated heterocycles. The number of hydrogen-bond donors (Lipinski definition) is 0. The van der Waals surface area contributed by atoms with E-state index in [1.54, 1.807) is 24.3 Å². The van der Waals surface area contributed by atoms with Crippen molar-refractivity contribution in [1.82, 2.24) is 0 Å². The first kappa shape index (κ1) is 19.7. The Morgan fingerprint density at radius 3 is 2.19 bits per heavy atom. The predicted molar refractivity (Wildman–Crippen MR) is 116 cm³/mol. The van der Waals surface area contributed by atoms with Crippen LogP contribution in [0.1, 0.15) is 31.1 Å². The van der Waals surface area contributed by atoms with Crippen LogP contribution in [0.5, 0.6) is 5.75 Å². The molecule has 0 atom stereocenters. The van der Waals surface area contributed by atoms with Crippen LogP contribution in [0.15, 0.2) is 82.2 Å². The minimum absolute atomic E-state index is 0.0413. The van der Waals surface area contributed by atoms with Crippen molar-refractivity contribution in [2.75, 3.05) is 4.90 Å². The van der Waals surface area contributed by atoms with Crippen molar-refractivity contribution < 1.29 is 23.5 Å². The van der Waals surface area contributed by atoms with Crippen molar-refractivity contribution in [2.24, 2.45) is 0 Å². The predicted octanol–water partition coefficient (Wildman–Crippen LogP) is 4.47. The Kier molecular flexibility index (Phi) is 4.61. The SMILES string of the molecule is O=C(Oc1ccc2c(=O)c(Cl)coc2c1)c1ccc(N2C(=O)c3ccccc3C2=O)cc1. The van der Waals surface area contributed by atoms with Crippen LogP contribution in [-0.4, -0.2) is 17.8 Å². The topological polar surface area (TPSA) is 93.9 Å². The molecule has 3 aromatic carbocycles. The molecule has 4 aromatic rings. The Morgan fingerprint density at radius 2 is 1.53 bits per heavy atom. The minimum atomic E-state index is -0.658. The average Bonchev–Trinajstić information content (AvgIpc) is 3.07. The highest BCUT2D eigenvalue weighted by Crippen LogP contribution is 2.28. The van der Waals surface area contributed by atoms with Gasteiger partial charge in [0.1, 0.15) is 22.6 Å². The zero-order valence-electron chi connectivity index (χ0n) is 16.2. The molecule has 0 unspecified atom stereocenters. The van der Waals surface area contributed by atoms with Gasteiger partial charge < -0.3 is 9.15 Å². The number of imide groups is 1. The van der Waals surface area contributed by atoms with E-state index in [2.05, 4.69) is 0 Å².